The zero-order valence-electron chi connectivity index (χ0n) is 22.1. The van der Waals surface area contributed by atoms with Crippen LogP contribution < -0.4 is 4.90 Å². The van der Waals surface area contributed by atoms with Crippen molar-refractivity contribution < 1.29 is 19.1 Å². The third kappa shape index (κ3) is 7.71. The highest BCUT2D eigenvalue weighted by molar-refractivity contribution is 5.95. The number of aryl methyl sites for hydroxylation is 1. The van der Waals surface area contributed by atoms with Gasteiger partial charge in [0.25, 0.3) is 0 Å². The Morgan fingerprint density at radius 3 is 2.54 bits per heavy atom. The second-order valence-corrected chi connectivity index (χ2v) is 10.3. The molecule has 2 aliphatic rings. The molecule has 2 saturated carbocycles. The molecule has 2 fully saturated rings. The van der Waals surface area contributed by atoms with Crippen LogP contribution in [0.2, 0.25) is 0 Å². The van der Waals surface area contributed by atoms with Gasteiger partial charge in [0.1, 0.15) is 5.82 Å². The van der Waals surface area contributed by atoms with E-state index in [-0.39, 0.29) is 11.8 Å². The van der Waals surface area contributed by atoms with E-state index in [9.17, 15) is 9.59 Å². The van der Waals surface area contributed by atoms with Crippen molar-refractivity contribution in [1.82, 2.24) is 9.97 Å². The van der Waals surface area contributed by atoms with E-state index in [0.29, 0.717) is 24.4 Å². The van der Waals surface area contributed by atoms with Crippen molar-refractivity contribution in [2.75, 3.05) is 19.1 Å². The Kier molecular flexibility index (Phi) is 9.83. The lowest BCUT2D eigenvalue weighted by Crippen LogP contribution is -2.37. The Morgan fingerprint density at radius 2 is 1.84 bits per heavy atom. The highest BCUT2D eigenvalue weighted by atomic mass is 16.5. The van der Waals surface area contributed by atoms with Gasteiger partial charge in [-0.15, -0.1) is 0 Å². The van der Waals surface area contributed by atoms with Gasteiger partial charge in [-0.3, -0.25) is 4.79 Å². The van der Waals surface area contributed by atoms with Crippen molar-refractivity contribution in [2.24, 2.45) is 11.8 Å². The maximum absolute atomic E-state index is 13.7. The van der Waals surface area contributed by atoms with Crippen molar-refractivity contribution in [3.63, 3.8) is 0 Å². The van der Waals surface area contributed by atoms with Crippen LogP contribution in [0.15, 0.2) is 42.7 Å². The summed E-state index contributed by atoms with van der Waals surface area (Å²) in [6.45, 7) is 0.317. The van der Waals surface area contributed by atoms with Crippen LogP contribution in [0.3, 0.4) is 0 Å². The lowest BCUT2D eigenvalue weighted by Gasteiger charge is -2.29. The number of carbonyl (C=O) groups is 2. The molecule has 0 aliphatic heterocycles. The SMILES string of the molecule is COC(=O)/C=C/c1cccc(N(Cc2ncc(CCC3CCC(OC)C3)cn2)C(=O)C2CCCCC2)c1. The first-order chi connectivity index (χ1) is 18.1. The minimum Gasteiger partial charge on any atom is -0.466 e. The fraction of sp³-hybridized carbons (Fsp3) is 0.533. The topological polar surface area (TPSA) is 81.6 Å². The van der Waals surface area contributed by atoms with Gasteiger partial charge in [0.15, 0.2) is 0 Å². The molecule has 0 spiro atoms. The second kappa shape index (κ2) is 13.5. The molecule has 2 unspecified atom stereocenters. The number of anilines is 1. The van der Waals surface area contributed by atoms with Gasteiger partial charge in [-0.1, -0.05) is 31.4 Å². The molecule has 7 nitrogen and oxygen atoms in total. The molecule has 1 aromatic heterocycles. The van der Waals surface area contributed by atoms with Gasteiger partial charge in [-0.2, -0.15) is 0 Å². The predicted octanol–water partition coefficient (Wildman–Crippen LogP) is 5.52. The lowest BCUT2D eigenvalue weighted by molar-refractivity contribution is -0.134. The number of nitrogens with zero attached hydrogens (tertiary/aromatic N) is 3. The van der Waals surface area contributed by atoms with Crippen molar-refractivity contribution in [2.45, 2.75) is 76.9 Å². The van der Waals surface area contributed by atoms with E-state index < -0.39 is 5.97 Å². The van der Waals surface area contributed by atoms with E-state index in [4.69, 9.17) is 9.47 Å². The summed E-state index contributed by atoms with van der Waals surface area (Å²) in [5.74, 6) is 1.05. The molecule has 198 valence electrons. The Bertz CT molecular complexity index is 1060. The minimum absolute atomic E-state index is 0.0182. The molecule has 1 amide bonds. The number of rotatable bonds is 10. The van der Waals surface area contributed by atoms with Crippen molar-refractivity contribution >= 4 is 23.6 Å². The molecule has 37 heavy (non-hydrogen) atoms. The molecule has 1 aromatic carbocycles. The number of aromatic nitrogens is 2. The molecule has 2 atom stereocenters. The first-order valence-electron chi connectivity index (χ1n) is 13.6. The number of ether oxygens (including phenoxy) is 2. The van der Waals surface area contributed by atoms with Crippen LogP contribution in [-0.4, -0.2) is 42.2 Å². The zero-order valence-corrected chi connectivity index (χ0v) is 22.1. The Hall–Kier alpha value is -3.06. The summed E-state index contributed by atoms with van der Waals surface area (Å²) >= 11 is 0. The van der Waals surface area contributed by atoms with Crippen LogP contribution in [0.1, 0.15) is 74.7 Å². The van der Waals surface area contributed by atoms with E-state index in [1.165, 1.54) is 26.0 Å². The Balaban J connectivity index is 1.47. The van der Waals surface area contributed by atoms with Crippen LogP contribution in [0.25, 0.3) is 6.08 Å². The van der Waals surface area contributed by atoms with Gasteiger partial charge in [0.2, 0.25) is 5.91 Å². The molecule has 1 heterocycles. The lowest BCUT2D eigenvalue weighted by atomic mass is 9.88. The van der Waals surface area contributed by atoms with Crippen LogP contribution in [-0.2, 0) is 32.0 Å². The molecule has 7 heteroatoms. The summed E-state index contributed by atoms with van der Waals surface area (Å²) in [5, 5.41) is 0. The van der Waals surface area contributed by atoms with Gasteiger partial charge in [-0.25, -0.2) is 14.8 Å². The quantitative estimate of drug-likeness (QED) is 0.312. The average Bonchev–Trinajstić information content (AvgIpc) is 3.42. The summed E-state index contributed by atoms with van der Waals surface area (Å²) in [6, 6.07) is 7.65. The standard InChI is InChI=1S/C30H39N3O4/c1-36-27-15-13-23(18-27)11-12-24-19-31-28(32-20-24)21-33(30(35)25-8-4-3-5-9-25)26-10-6-7-22(17-26)14-16-29(34)37-2/h6-7,10,14,16-17,19-20,23,25,27H,3-5,8-9,11-13,15,18,21H2,1-2H3/b16-14+. The maximum Gasteiger partial charge on any atom is 0.330 e. The van der Waals surface area contributed by atoms with Crippen LogP contribution in [0.4, 0.5) is 5.69 Å². The number of hydrogen-bond donors (Lipinski definition) is 0. The van der Waals surface area contributed by atoms with Crippen LogP contribution in [0.5, 0.6) is 0 Å². The minimum atomic E-state index is -0.416. The molecule has 2 aliphatic carbocycles. The number of hydrogen-bond acceptors (Lipinski definition) is 6. The molecule has 0 N–H and O–H groups in total. The first kappa shape index (κ1) is 27.0. The smallest absolute Gasteiger partial charge is 0.330 e. The first-order valence-corrected chi connectivity index (χ1v) is 13.6. The largest absolute Gasteiger partial charge is 0.466 e. The van der Waals surface area contributed by atoms with Gasteiger partial charge in [0.05, 0.1) is 19.8 Å². The number of esters is 1. The predicted molar refractivity (Wildman–Crippen MR) is 144 cm³/mol. The third-order valence-electron chi connectivity index (χ3n) is 7.74. The highest BCUT2D eigenvalue weighted by Gasteiger charge is 2.28. The number of methoxy groups -OCH3 is 2. The van der Waals surface area contributed by atoms with Gasteiger partial charge >= 0.3 is 5.97 Å². The third-order valence-corrected chi connectivity index (χ3v) is 7.74. The summed E-state index contributed by atoms with van der Waals surface area (Å²) < 4.78 is 10.2. The summed E-state index contributed by atoms with van der Waals surface area (Å²) in [7, 11) is 3.15. The average molecular weight is 506 g/mol. The highest BCUT2D eigenvalue weighted by Crippen LogP contribution is 2.31. The monoisotopic (exact) mass is 505 g/mol. The fourth-order valence-electron chi connectivity index (χ4n) is 5.50. The van der Waals surface area contributed by atoms with Crippen molar-refractivity contribution in [3.8, 4) is 0 Å². The Labute approximate surface area is 220 Å². The number of amides is 1. The van der Waals surface area contributed by atoms with E-state index in [1.807, 2.05) is 41.6 Å². The van der Waals surface area contributed by atoms with E-state index in [0.717, 1.165) is 68.2 Å². The van der Waals surface area contributed by atoms with Gasteiger partial charge in [0, 0.05) is 37.2 Å². The number of benzene rings is 1. The fourth-order valence-corrected chi connectivity index (χ4v) is 5.50. The second-order valence-electron chi connectivity index (χ2n) is 10.3. The molecule has 4 rings (SSSR count). The summed E-state index contributed by atoms with van der Waals surface area (Å²) in [6.07, 6.45) is 18.1. The molecule has 0 bridgehead atoms. The van der Waals surface area contributed by atoms with E-state index in [2.05, 4.69) is 9.97 Å². The Morgan fingerprint density at radius 1 is 1.05 bits per heavy atom. The van der Waals surface area contributed by atoms with Crippen LogP contribution in [0, 0.1) is 11.8 Å². The van der Waals surface area contributed by atoms with Gasteiger partial charge in [-0.05, 0) is 80.2 Å². The van der Waals surface area contributed by atoms with E-state index in [1.54, 1.807) is 13.2 Å². The number of carbonyl (C=O) groups excluding carboxylic acids is 2. The van der Waals surface area contributed by atoms with Crippen molar-refractivity contribution in [3.05, 3.63) is 59.7 Å². The molecule has 0 saturated heterocycles. The zero-order chi connectivity index (χ0) is 26.0. The van der Waals surface area contributed by atoms with Crippen molar-refractivity contribution in [1.29, 1.82) is 0 Å². The summed E-state index contributed by atoms with van der Waals surface area (Å²) in [5.41, 5.74) is 2.73. The van der Waals surface area contributed by atoms with Crippen LogP contribution >= 0.6 is 0 Å². The molecular formula is C30H39N3O4. The van der Waals surface area contributed by atoms with E-state index >= 15 is 0 Å². The molecular weight excluding hydrogens is 466 g/mol. The maximum atomic E-state index is 13.7. The summed E-state index contributed by atoms with van der Waals surface area (Å²) in [4.78, 5) is 36.3. The van der Waals surface area contributed by atoms with Gasteiger partial charge < -0.3 is 14.4 Å². The molecule has 2 aromatic rings. The molecule has 0 radical (unpaired) electrons. The normalized spacial score (nSPS) is 20.3.